The summed E-state index contributed by atoms with van der Waals surface area (Å²) in [6.45, 7) is 2.65. The molecule has 0 unspecified atom stereocenters. The fraction of sp³-hybridized carbons (Fsp3) is 0.800. The van der Waals surface area contributed by atoms with E-state index in [1.165, 1.54) is 51.6 Å². The molecule has 0 aromatic carbocycles. The van der Waals surface area contributed by atoms with Crippen LogP contribution in [0.1, 0.15) is 38.5 Å². The van der Waals surface area contributed by atoms with E-state index in [0.717, 1.165) is 0 Å². The van der Waals surface area contributed by atoms with Crippen molar-refractivity contribution in [1.29, 1.82) is 0 Å². The van der Waals surface area contributed by atoms with Gasteiger partial charge in [-0.15, -0.1) is 0 Å². The Hall–Kier alpha value is -0.460. The molecule has 0 atom stereocenters. The highest BCUT2D eigenvalue weighted by molar-refractivity contribution is 5.07. The predicted molar refractivity (Wildman–Crippen MR) is 47.4 cm³/mol. The Balaban J connectivity index is 1.91. The van der Waals surface area contributed by atoms with Crippen LogP contribution in [0, 0.1) is 0 Å². The molecular formula is C10H17N. The molecule has 2 aliphatic rings. The Morgan fingerprint density at radius 2 is 1.82 bits per heavy atom. The van der Waals surface area contributed by atoms with Crippen molar-refractivity contribution in [3.8, 4) is 0 Å². The van der Waals surface area contributed by atoms with Gasteiger partial charge < -0.3 is 4.90 Å². The van der Waals surface area contributed by atoms with Gasteiger partial charge in [0.05, 0.1) is 0 Å². The zero-order valence-corrected chi connectivity index (χ0v) is 7.18. The third-order valence-electron chi connectivity index (χ3n) is 2.62. The molecule has 2 rings (SSSR count). The molecule has 0 aromatic heterocycles. The van der Waals surface area contributed by atoms with Crippen LogP contribution >= 0.6 is 0 Å². The number of hydrogen-bond donors (Lipinski definition) is 0. The van der Waals surface area contributed by atoms with Crippen LogP contribution in [0.15, 0.2) is 11.8 Å². The summed E-state index contributed by atoms with van der Waals surface area (Å²) in [5, 5.41) is 0. The maximum atomic E-state index is 2.51. The Labute approximate surface area is 69.1 Å². The molecule has 11 heavy (non-hydrogen) atoms. The largest absolute Gasteiger partial charge is 0.372 e. The molecule has 1 heteroatoms. The standard InChI is InChI=1S/C10H17N/c1-2-4-6-10(7-5-3-1)11-8-9-11/h6H,1-5,7-9H2/b10-6+. The SMILES string of the molecule is C1=C(/N2CC2)CCCCCC/1. The van der Waals surface area contributed by atoms with Crippen molar-refractivity contribution in [2.75, 3.05) is 13.1 Å². The lowest BCUT2D eigenvalue weighted by molar-refractivity contribution is 0.558. The molecule has 1 nitrogen and oxygen atoms in total. The van der Waals surface area contributed by atoms with Crippen LogP contribution in [0.4, 0.5) is 0 Å². The molecule has 0 bridgehead atoms. The molecule has 1 aliphatic heterocycles. The van der Waals surface area contributed by atoms with Gasteiger partial charge in [0, 0.05) is 18.8 Å². The van der Waals surface area contributed by atoms with Gasteiger partial charge in [0.1, 0.15) is 0 Å². The molecule has 1 saturated heterocycles. The van der Waals surface area contributed by atoms with E-state index in [4.69, 9.17) is 0 Å². The van der Waals surface area contributed by atoms with Gasteiger partial charge in [0.25, 0.3) is 0 Å². The van der Waals surface area contributed by atoms with Crippen molar-refractivity contribution >= 4 is 0 Å². The normalized spacial score (nSPS) is 30.2. The van der Waals surface area contributed by atoms with Gasteiger partial charge in [0.2, 0.25) is 0 Å². The van der Waals surface area contributed by atoms with Gasteiger partial charge in [0.15, 0.2) is 0 Å². The smallest absolute Gasteiger partial charge is 0.0351 e. The lowest BCUT2D eigenvalue weighted by atomic mass is 10.0. The van der Waals surface area contributed by atoms with Crippen molar-refractivity contribution < 1.29 is 0 Å². The summed E-state index contributed by atoms with van der Waals surface area (Å²) in [4.78, 5) is 2.51. The van der Waals surface area contributed by atoms with E-state index in [0.29, 0.717) is 0 Å². The average molecular weight is 151 g/mol. The fourth-order valence-corrected chi connectivity index (χ4v) is 1.80. The van der Waals surface area contributed by atoms with Crippen molar-refractivity contribution in [2.45, 2.75) is 38.5 Å². The van der Waals surface area contributed by atoms with E-state index in [1.54, 1.807) is 5.70 Å². The molecule has 0 saturated carbocycles. The number of rotatable bonds is 1. The zero-order chi connectivity index (χ0) is 7.52. The minimum atomic E-state index is 1.33. The lowest BCUT2D eigenvalue weighted by Gasteiger charge is -2.11. The van der Waals surface area contributed by atoms with E-state index >= 15 is 0 Å². The highest BCUT2D eigenvalue weighted by Gasteiger charge is 2.19. The predicted octanol–water partition coefficient (Wildman–Crippen LogP) is 2.54. The molecule has 1 heterocycles. The maximum Gasteiger partial charge on any atom is 0.0351 e. The summed E-state index contributed by atoms with van der Waals surface area (Å²) in [6, 6.07) is 0. The summed E-state index contributed by atoms with van der Waals surface area (Å²) in [7, 11) is 0. The topological polar surface area (TPSA) is 3.01 Å². The molecule has 62 valence electrons. The summed E-state index contributed by atoms with van der Waals surface area (Å²) in [6.07, 6.45) is 10.9. The van der Waals surface area contributed by atoms with Crippen LogP contribution in [0.5, 0.6) is 0 Å². The van der Waals surface area contributed by atoms with E-state index in [1.807, 2.05) is 0 Å². The highest BCUT2D eigenvalue weighted by Crippen LogP contribution is 2.23. The summed E-state index contributed by atoms with van der Waals surface area (Å²) >= 11 is 0. The molecule has 0 N–H and O–H groups in total. The number of allylic oxidation sites excluding steroid dienone is 2. The first-order chi connectivity index (χ1) is 5.47. The van der Waals surface area contributed by atoms with E-state index in [2.05, 4.69) is 11.0 Å². The van der Waals surface area contributed by atoms with E-state index in [9.17, 15) is 0 Å². The first-order valence-corrected chi connectivity index (χ1v) is 4.91. The van der Waals surface area contributed by atoms with Crippen molar-refractivity contribution in [2.24, 2.45) is 0 Å². The van der Waals surface area contributed by atoms with Crippen LogP contribution in [0.2, 0.25) is 0 Å². The monoisotopic (exact) mass is 151 g/mol. The highest BCUT2D eigenvalue weighted by atomic mass is 15.3. The number of nitrogens with zero attached hydrogens (tertiary/aromatic N) is 1. The molecule has 0 radical (unpaired) electrons. The first-order valence-electron chi connectivity index (χ1n) is 4.91. The van der Waals surface area contributed by atoms with Gasteiger partial charge in [-0.3, -0.25) is 0 Å². The molecule has 1 fully saturated rings. The van der Waals surface area contributed by atoms with Crippen molar-refractivity contribution in [3.05, 3.63) is 11.8 Å². The van der Waals surface area contributed by atoms with Gasteiger partial charge in [-0.05, 0) is 25.7 Å². The van der Waals surface area contributed by atoms with Crippen molar-refractivity contribution in [3.63, 3.8) is 0 Å². The minimum absolute atomic E-state index is 1.33. The third-order valence-corrected chi connectivity index (χ3v) is 2.62. The quantitative estimate of drug-likeness (QED) is 0.520. The van der Waals surface area contributed by atoms with Crippen LogP contribution in [-0.4, -0.2) is 18.0 Å². The first kappa shape index (κ1) is 7.20. The van der Waals surface area contributed by atoms with Gasteiger partial charge in [-0.2, -0.15) is 0 Å². The van der Waals surface area contributed by atoms with Crippen LogP contribution in [0.3, 0.4) is 0 Å². The third kappa shape index (κ3) is 1.98. The van der Waals surface area contributed by atoms with E-state index < -0.39 is 0 Å². The molecule has 0 amide bonds. The summed E-state index contributed by atoms with van der Waals surface area (Å²) < 4.78 is 0. The molecule has 1 aliphatic carbocycles. The van der Waals surface area contributed by atoms with Crippen molar-refractivity contribution in [1.82, 2.24) is 4.90 Å². The van der Waals surface area contributed by atoms with Gasteiger partial charge in [-0.1, -0.05) is 18.9 Å². The Morgan fingerprint density at radius 1 is 1.00 bits per heavy atom. The van der Waals surface area contributed by atoms with Crippen LogP contribution in [-0.2, 0) is 0 Å². The molecule has 0 spiro atoms. The van der Waals surface area contributed by atoms with Gasteiger partial charge in [-0.25, -0.2) is 0 Å². The maximum absolute atomic E-state index is 2.51. The second-order valence-corrected chi connectivity index (χ2v) is 3.64. The molecular weight excluding hydrogens is 134 g/mol. The minimum Gasteiger partial charge on any atom is -0.372 e. The second-order valence-electron chi connectivity index (χ2n) is 3.64. The second kappa shape index (κ2) is 3.29. The van der Waals surface area contributed by atoms with E-state index in [-0.39, 0.29) is 0 Å². The lowest BCUT2D eigenvalue weighted by Crippen LogP contribution is -1.99. The average Bonchev–Trinajstić information content (AvgIpc) is 2.68. The fourth-order valence-electron chi connectivity index (χ4n) is 1.80. The van der Waals surface area contributed by atoms with Gasteiger partial charge >= 0.3 is 0 Å². The van der Waals surface area contributed by atoms with Crippen LogP contribution < -0.4 is 0 Å². The number of hydrogen-bond acceptors (Lipinski definition) is 1. The molecule has 0 aromatic rings. The Bertz CT molecular complexity index is 156. The summed E-state index contributed by atoms with van der Waals surface area (Å²) in [5.74, 6) is 0. The summed E-state index contributed by atoms with van der Waals surface area (Å²) in [5.41, 5.74) is 1.64. The zero-order valence-electron chi connectivity index (χ0n) is 7.18. The Kier molecular flexibility index (Phi) is 2.16. The van der Waals surface area contributed by atoms with Crippen LogP contribution in [0.25, 0.3) is 0 Å². The Morgan fingerprint density at radius 3 is 2.64 bits per heavy atom.